The van der Waals surface area contributed by atoms with Gasteiger partial charge in [0.1, 0.15) is 18.0 Å². The van der Waals surface area contributed by atoms with Gasteiger partial charge in [-0.25, -0.2) is 0 Å². The second-order valence-electron chi connectivity index (χ2n) is 8.84. The highest BCUT2D eigenvalue weighted by molar-refractivity contribution is 5.69. The maximum absolute atomic E-state index is 11.6. The van der Waals surface area contributed by atoms with E-state index in [0.717, 1.165) is 25.7 Å². The summed E-state index contributed by atoms with van der Waals surface area (Å²) >= 11 is 0. The van der Waals surface area contributed by atoms with E-state index in [4.69, 9.17) is 9.47 Å². The van der Waals surface area contributed by atoms with Gasteiger partial charge in [-0.15, -0.1) is 0 Å². The van der Waals surface area contributed by atoms with E-state index >= 15 is 0 Å². The minimum atomic E-state index is -1.05. The second kappa shape index (κ2) is 6.85. The number of aliphatic hydroxyl groups is 2. The van der Waals surface area contributed by atoms with Crippen LogP contribution in [0.4, 0.5) is 0 Å². The van der Waals surface area contributed by atoms with Crippen molar-refractivity contribution in [2.75, 3.05) is 0 Å². The zero-order chi connectivity index (χ0) is 20.2. The lowest BCUT2D eigenvalue weighted by Crippen LogP contribution is -2.47. The largest absolute Gasteiger partial charge is 0.459 e. The molecule has 3 aliphatic rings. The van der Waals surface area contributed by atoms with E-state index < -0.39 is 29.7 Å². The number of ether oxygens (including phenoxy) is 2. The molecule has 3 aliphatic carbocycles. The Morgan fingerprint density at radius 2 is 1.86 bits per heavy atom. The van der Waals surface area contributed by atoms with E-state index in [1.807, 2.05) is 25.1 Å². The molecule has 0 aliphatic heterocycles. The van der Waals surface area contributed by atoms with Gasteiger partial charge in [-0.2, -0.15) is 0 Å². The van der Waals surface area contributed by atoms with Gasteiger partial charge in [0.2, 0.25) is 0 Å². The lowest BCUT2D eigenvalue weighted by molar-refractivity contribution is -0.161. The van der Waals surface area contributed by atoms with Crippen LogP contribution < -0.4 is 4.74 Å². The van der Waals surface area contributed by atoms with Gasteiger partial charge in [0.25, 0.3) is 0 Å². The first-order valence-corrected chi connectivity index (χ1v) is 10.1. The number of aryl methyl sites for hydroxylation is 1. The molecule has 2 fully saturated rings. The van der Waals surface area contributed by atoms with Gasteiger partial charge >= 0.3 is 11.9 Å². The van der Waals surface area contributed by atoms with E-state index in [9.17, 15) is 19.8 Å². The SMILES string of the molecule is CC(=O)Oc1ccc2c(c1)CCC1C2CC[C@@]2(C)C1C(O)[C@@H](O)[C@@H]2OC(C)=O. The minimum Gasteiger partial charge on any atom is -0.459 e. The van der Waals surface area contributed by atoms with E-state index in [-0.39, 0.29) is 23.7 Å². The Kier molecular flexibility index (Phi) is 4.74. The number of carbonyl (C=O) groups is 2. The molecule has 0 aromatic heterocycles. The molecule has 2 N–H and O–H groups in total. The molecule has 4 rings (SSSR count). The fourth-order valence-electron chi connectivity index (χ4n) is 6.21. The summed E-state index contributed by atoms with van der Waals surface area (Å²) in [5, 5.41) is 21.5. The molecule has 1 aromatic carbocycles. The Morgan fingerprint density at radius 3 is 2.54 bits per heavy atom. The third-order valence-corrected chi connectivity index (χ3v) is 7.23. The van der Waals surface area contributed by atoms with Crippen molar-refractivity contribution >= 4 is 11.9 Å². The maximum atomic E-state index is 11.6. The molecule has 2 saturated carbocycles. The molecule has 0 bridgehead atoms. The van der Waals surface area contributed by atoms with Crippen molar-refractivity contribution in [1.82, 2.24) is 0 Å². The lowest BCUT2D eigenvalue weighted by Gasteiger charge is -2.50. The zero-order valence-electron chi connectivity index (χ0n) is 16.6. The van der Waals surface area contributed by atoms with Crippen LogP contribution in [0.15, 0.2) is 18.2 Å². The molecular weight excluding hydrogens is 360 g/mol. The summed E-state index contributed by atoms with van der Waals surface area (Å²) in [4.78, 5) is 22.8. The van der Waals surface area contributed by atoms with Gasteiger partial charge in [0.05, 0.1) is 6.10 Å². The van der Waals surface area contributed by atoms with E-state index in [1.165, 1.54) is 25.0 Å². The third kappa shape index (κ3) is 2.94. The molecule has 7 atom stereocenters. The van der Waals surface area contributed by atoms with Crippen LogP contribution in [0.5, 0.6) is 5.75 Å². The molecule has 28 heavy (non-hydrogen) atoms. The van der Waals surface area contributed by atoms with E-state index in [0.29, 0.717) is 5.75 Å². The first kappa shape index (κ1) is 19.4. The predicted octanol–water partition coefficient (Wildman–Crippen LogP) is 2.34. The quantitative estimate of drug-likeness (QED) is 0.597. The van der Waals surface area contributed by atoms with Gasteiger partial charge in [-0.3, -0.25) is 9.59 Å². The van der Waals surface area contributed by atoms with E-state index in [2.05, 4.69) is 0 Å². The van der Waals surface area contributed by atoms with Gasteiger partial charge < -0.3 is 19.7 Å². The number of esters is 2. The molecule has 4 unspecified atom stereocenters. The maximum Gasteiger partial charge on any atom is 0.308 e. The number of carbonyl (C=O) groups excluding carboxylic acids is 2. The smallest absolute Gasteiger partial charge is 0.308 e. The van der Waals surface area contributed by atoms with Crippen LogP contribution in [0.3, 0.4) is 0 Å². The van der Waals surface area contributed by atoms with Gasteiger partial charge in [-0.05, 0) is 66.7 Å². The predicted molar refractivity (Wildman–Crippen MR) is 101 cm³/mol. The van der Waals surface area contributed by atoms with Crippen molar-refractivity contribution in [1.29, 1.82) is 0 Å². The van der Waals surface area contributed by atoms with Crippen molar-refractivity contribution in [2.45, 2.75) is 70.7 Å². The Hall–Kier alpha value is -1.92. The van der Waals surface area contributed by atoms with Crippen LogP contribution in [0.1, 0.15) is 57.1 Å². The first-order valence-electron chi connectivity index (χ1n) is 10.1. The Balaban J connectivity index is 1.65. The molecular formula is C22H28O6. The Labute approximate surface area is 164 Å². The summed E-state index contributed by atoms with van der Waals surface area (Å²) in [5.41, 5.74) is 2.00. The topological polar surface area (TPSA) is 93.1 Å². The Bertz CT molecular complexity index is 804. The highest BCUT2D eigenvalue weighted by Gasteiger charge is 2.64. The Morgan fingerprint density at radius 1 is 1.11 bits per heavy atom. The highest BCUT2D eigenvalue weighted by atomic mass is 16.6. The van der Waals surface area contributed by atoms with Crippen molar-refractivity contribution < 1.29 is 29.3 Å². The van der Waals surface area contributed by atoms with Gasteiger partial charge in [-0.1, -0.05) is 13.0 Å². The van der Waals surface area contributed by atoms with E-state index in [1.54, 1.807) is 0 Å². The number of fused-ring (bicyclic) bond motifs is 5. The van der Waals surface area contributed by atoms with Crippen LogP contribution >= 0.6 is 0 Å². The molecule has 6 nitrogen and oxygen atoms in total. The van der Waals surface area contributed by atoms with Gasteiger partial charge in [0, 0.05) is 19.3 Å². The molecule has 0 spiro atoms. The molecule has 1 aromatic rings. The van der Waals surface area contributed by atoms with Crippen LogP contribution in [-0.2, 0) is 20.7 Å². The average Bonchev–Trinajstić information content (AvgIpc) is 2.81. The normalized spacial score (nSPS) is 38.8. The standard InChI is InChI=1S/C22H28O6/c1-11(23)27-14-5-7-15-13(10-14)4-6-17-16(15)8-9-22(3)18(17)19(25)20(26)21(22)28-12(2)24/h5,7,10,16-21,25-26H,4,6,8-9H2,1-3H3/t16?,17?,18?,19?,20-,21+,22+/m1/s1. The fourth-order valence-corrected chi connectivity index (χ4v) is 6.21. The molecule has 0 radical (unpaired) electrons. The monoisotopic (exact) mass is 388 g/mol. The first-order chi connectivity index (χ1) is 13.2. The minimum absolute atomic E-state index is 0.119. The summed E-state index contributed by atoms with van der Waals surface area (Å²) in [6.07, 6.45) is 0.787. The summed E-state index contributed by atoms with van der Waals surface area (Å²) in [7, 11) is 0. The van der Waals surface area contributed by atoms with Crippen molar-refractivity contribution in [3.8, 4) is 5.75 Å². The third-order valence-electron chi connectivity index (χ3n) is 7.23. The highest BCUT2D eigenvalue weighted by Crippen LogP contribution is 2.61. The zero-order valence-corrected chi connectivity index (χ0v) is 16.6. The molecule has 0 saturated heterocycles. The number of benzene rings is 1. The molecule has 0 amide bonds. The molecule has 0 heterocycles. The number of hydrogen-bond donors (Lipinski definition) is 2. The fraction of sp³-hybridized carbons (Fsp3) is 0.636. The molecule has 6 heteroatoms. The number of aliphatic hydroxyl groups excluding tert-OH is 2. The van der Waals surface area contributed by atoms with Crippen molar-refractivity contribution in [3.63, 3.8) is 0 Å². The van der Waals surface area contributed by atoms with Crippen LogP contribution in [-0.4, -0.2) is 40.5 Å². The van der Waals surface area contributed by atoms with Crippen LogP contribution in [0, 0.1) is 17.3 Å². The summed E-state index contributed by atoms with van der Waals surface area (Å²) < 4.78 is 10.7. The average molecular weight is 388 g/mol. The summed E-state index contributed by atoms with van der Waals surface area (Å²) in [6, 6.07) is 5.81. The summed E-state index contributed by atoms with van der Waals surface area (Å²) in [6.45, 7) is 4.78. The van der Waals surface area contributed by atoms with Crippen LogP contribution in [0.2, 0.25) is 0 Å². The van der Waals surface area contributed by atoms with Crippen LogP contribution in [0.25, 0.3) is 0 Å². The van der Waals surface area contributed by atoms with Crippen molar-refractivity contribution in [3.05, 3.63) is 29.3 Å². The molecule has 152 valence electrons. The second-order valence-corrected chi connectivity index (χ2v) is 8.84. The van der Waals surface area contributed by atoms with Crippen molar-refractivity contribution in [2.24, 2.45) is 17.3 Å². The lowest BCUT2D eigenvalue weighted by atomic mass is 9.55. The van der Waals surface area contributed by atoms with Gasteiger partial charge in [0.15, 0.2) is 0 Å². The number of rotatable bonds is 2. The summed E-state index contributed by atoms with van der Waals surface area (Å²) in [5.74, 6) is 0.194. The number of hydrogen-bond acceptors (Lipinski definition) is 6.